The lowest BCUT2D eigenvalue weighted by molar-refractivity contribution is -0.192. The van der Waals surface area contributed by atoms with Crippen LogP contribution in [0, 0.1) is 5.41 Å². The van der Waals surface area contributed by atoms with Crippen LogP contribution in [0.4, 0.5) is 26.3 Å². The van der Waals surface area contributed by atoms with Gasteiger partial charge in [0, 0.05) is 18.0 Å². The van der Waals surface area contributed by atoms with Gasteiger partial charge in [-0.15, -0.1) is 0 Å². The number of halogens is 6. The fourth-order valence-electron chi connectivity index (χ4n) is 3.48. The molecule has 4 fully saturated rings. The molecule has 1 N–H and O–H groups in total. The summed E-state index contributed by atoms with van der Waals surface area (Å²) in [6, 6.07) is -0.911. The van der Waals surface area contributed by atoms with Gasteiger partial charge in [-0.25, -0.2) is 4.79 Å². The van der Waals surface area contributed by atoms with Gasteiger partial charge in [0.05, 0.1) is 6.04 Å². The van der Waals surface area contributed by atoms with E-state index in [2.05, 4.69) is 0 Å². The SMILES string of the molecule is CC12CCN(CC1)C(CN(C(=O)C(F)(F)F)C1CC1)C2=O.O=C(O)C(F)(F)F. The number of nitrogens with zero attached hydrogens (tertiary/aromatic N) is 2. The van der Waals surface area contributed by atoms with Crippen molar-refractivity contribution >= 4 is 17.7 Å². The number of amides is 1. The molecule has 12 heteroatoms. The van der Waals surface area contributed by atoms with Gasteiger partial charge in [0.2, 0.25) is 0 Å². The van der Waals surface area contributed by atoms with Crippen LogP contribution >= 0.6 is 0 Å². The maximum Gasteiger partial charge on any atom is 0.490 e. The monoisotopic (exact) mass is 418 g/mol. The molecule has 1 saturated carbocycles. The fourth-order valence-corrected chi connectivity index (χ4v) is 3.48. The van der Waals surface area contributed by atoms with Crippen molar-refractivity contribution in [3.05, 3.63) is 0 Å². The standard InChI is InChI=1S/C14H19F3N2O2.C2HF3O2/c1-13-4-6-18(7-5-13)10(11(13)20)8-19(9-2-3-9)12(21)14(15,16)17;3-2(4,5)1(6)7/h9-10H,2-8H2,1H3;(H,6,7). The average molecular weight is 418 g/mol. The van der Waals surface area contributed by atoms with Gasteiger partial charge in [-0.2, -0.15) is 26.3 Å². The van der Waals surface area contributed by atoms with Crippen LogP contribution in [0.5, 0.6) is 0 Å². The summed E-state index contributed by atoms with van der Waals surface area (Å²) in [6.07, 6.45) is -7.23. The molecule has 1 atom stereocenters. The predicted molar refractivity (Wildman–Crippen MR) is 82.2 cm³/mol. The van der Waals surface area contributed by atoms with E-state index in [9.17, 15) is 35.9 Å². The van der Waals surface area contributed by atoms with Crippen LogP contribution in [0.1, 0.15) is 32.6 Å². The molecule has 160 valence electrons. The smallest absolute Gasteiger partial charge is 0.475 e. The maximum atomic E-state index is 12.7. The number of carbonyl (C=O) groups is 3. The topological polar surface area (TPSA) is 77.9 Å². The Morgan fingerprint density at radius 1 is 1.11 bits per heavy atom. The van der Waals surface area contributed by atoms with Crippen LogP contribution in [-0.4, -0.2) is 76.6 Å². The molecule has 1 aliphatic carbocycles. The molecule has 0 radical (unpaired) electrons. The summed E-state index contributed by atoms with van der Waals surface area (Å²) in [5.74, 6) is -4.56. The Morgan fingerprint density at radius 2 is 1.57 bits per heavy atom. The number of hydrogen-bond acceptors (Lipinski definition) is 4. The van der Waals surface area contributed by atoms with E-state index in [1.165, 1.54) is 0 Å². The summed E-state index contributed by atoms with van der Waals surface area (Å²) < 4.78 is 69.9. The lowest BCUT2D eigenvalue weighted by atomic mass is 9.69. The third kappa shape index (κ3) is 4.95. The second kappa shape index (κ2) is 7.53. The molecule has 1 unspecified atom stereocenters. The van der Waals surface area contributed by atoms with Crippen molar-refractivity contribution in [3.63, 3.8) is 0 Å². The first-order chi connectivity index (χ1) is 12.7. The number of ketones is 1. The molecule has 3 aliphatic heterocycles. The zero-order valence-corrected chi connectivity index (χ0v) is 14.9. The van der Waals surface area contributed by atoms with Gasteiger partial charge in [0.1, 0.15) is 0 Å². The molecule has 0 aromatic rings. The predicted octanol–water partition coefficient (Wildman–Crippen LogP) is 2.23. The summed E-state index contributed by atoms with van der Waals surface area (Å²) >= 11 is 0. The van der Waals surface area contributed by atoms with Crippen LogP contribution in [0.2, 0.25) is 0 Å². The summed E-state index contributed by atoms with van der Waals surface area (Å²) in [7, 11) is 0. The number of rotatable bonds is 3. The molecule has 28 heavy (non-hydrogen) atoms. The van der Waals surface area contributed by atoms with Crippen molar-refractivity contribution in [1.82, 2.24) is 9.80 Å². The molecule has 0 aromatic carbocycles. The van der Waals surface area contributed by atoms with Crippen LogP contribution in [-0.2, 0) is 14.4 Å². The van der Waals surface area contributed by atoms with E-state index < -0.39 is 35.7 Å². The molecule has 3 heterocycles. The number of carboxylic acids is 1. The van der Waals surface area contributed by atoms with E-state index in [-0.39, 0.29) is 18.4 Å². The molecular weight excluding hydrogens is 398 g/mol. The summed E-state index contributed by atoms with van der Waals surface area (Å²) in [5, 5.41) is 7.12. The Hall–Kier alpha value is -1.85. The van der Waals surface area contributed by atoms with Gasteiger partial charge in [0.25, 0.3) is 0 Å². The number of carboxylic acid groups (broad SMARTS) is 1. The van der Waals surface area contributed by atoms with Crippen LogP contribution in [0.3, 0.4) is 0 Å². The highest BCUT2D eigenvalue weighted by molar-refractivity contribution is 5.92. The largest absolute Gasteiger partial charge is 0.490 e. The normalized spacial score (nSPS) is 29.8. The highest BCUT2D eigenvalue weighted by atomic mass is 19.4. The van der Waals surface area contributed by atoms with Crippen molar-refractivity contribution in [1.29, 1.82) is 0 Å². The van der Waals surface area contributed by atoms with Gasteiger partial charge in [-0.3, -0.25) is 14.5 Å². The number of carbonyl (C=O) groups excluding carboxylic acids is 2. The minimum absolute atomic E-state index is 0.000578. The number of fused-ring (bicyclic) bond motifs is 3. The Morgan fingerprint density at radius 3 is 1.93 bits per heavy atom. The first-order valence-electron chi connectivity index (χ1n) is 8.63. The Bertz CT molecular complexity index is 628. The quantitative estimate of drug-likeness (QED) is 0.712. The first kappa shape index (κ1) is 22.4. The minimum Gasteiger partial charge on any atom is -0.475 e. The summed E-state index contributed by atoms with van der Waals surface area (Å²) in [5.41, 5.74) is -0.421. The summed E-state index contributed by atoms with van der Waals surface area (Å²) in [6.45, 7) is 3.24. The molecule has 3 saturated heterocycles. The lowest BCUT2D eigenvalue weighted by Gasteiger charge is -2.50. The van der Waals surface area contributed by atoms with E-state index in [4.69, 9.17) is 9.90 Å². The lowest BCUT2D eigenvalue weighted by Crippen LogP contribution is -2.64. The van der Waals surface area contributed by atoms with Gasteiger partial charge in [0.15, 0.2) is 5.78 Å². The molecule has 4 rings (SSSR count). The minimum atomic E-state index is -5.08. The molecular formula is C16H20F6N2O4. The summed E-state index contributed by atoms with van der Waals surface area (Å²) in [4.78, 5) is 35.8. The number of aliphatic carboxylic acids is 1. The van der Waals surface area contributed by atoms with E-state index in [1.807, 2.05) is 11.8 Å². The van der Waals surface area contributed by atoms with Crippen LogP contribution in [0.15, 0.2) is 0 Å². The Balaban J connectivity index is 0.000000345. The number of piperidine rings is 3. The maximum absolute atomic E-state index is 12.7. The zero-order valence-electron chi connectivity index (χ0n) is 14.9. The highest BCUT2D eigenvalue weighted by Crippen LogP contribution is 2.41. The number of Topliss-reactive ketones (excluding diaryl/α,β-unsaturated/α-hetero) is 1. The van der Waals surface area contributed by atoms with E-state index in [1.54, 1.807) is 0 Å². The molecule has 4 aliphatic rings. The third-order valence-corrected chi connectivity index (χ3v) is 5.34. The third-order valence-electron chi connectivity index (χ3n) is 5.34. The Kier molecular flexibility index (Phi) is 6.03. The van der Waals surface area contributed by atoms with Crippen LogP contribution in [0.25, 0.3) is 0 Å². The van der Waals surface area contributed by atoms with Crippen LogP contribution < -0.4 is 0 Å². The number of hydrogen-bond donors (Lipinski definition) is 1. The molecule has 6 nitrogen and oxygen atoms in total. The average Bonchev–Trinajstić information content (AvgIpc) is 3.39. The van der Waals surface area contributed by atoms with Gasteiger partial charge in [-0.05, 0) is 38.8 Å². The van der Waals surface area contributed by atoms with Gasteiger partial charge in [-0.1, -0.05) is 6.92 Å². The van der Waals surface area contributed by atoms with Crippen molar-refractivity contribution < 1.29 is 45.8 Å². The van der Waals surface area contributed by atoms with E-state index in [0.717, 1.165) is 30.8 Å². The molecule has 0 spiro atoms. The highest BCUT2D eigenvalue weighted by Gasteiger charge is 2.53. The Labute approximate surface area is 156 Å². The van der Waals surface area contributed by atoms with Gasteiger partial charge >= 0.3 is 24.2 Å². The van der Waals surface area contributed by atoms with Crippen molar-refractivity contribution in [2.24, 2.45) is 5.41 Å². The van der Waals surface area contributed by atoms with Crippen molar-refractivity contribution in [2.75, 3.05) is 19.6 Å². The molecule has 0 aromatic heterocycles. The van der Waals surface area contributed by atoms with E-state index in [0.29, 0.717) is 12.8 Å². The second-order valence-corrected chi connectivity index (χ2v) is 7.47. The first-order valence-corrected chi connectivity index (χ1v) is 8.63. The number of alkyl halides is 6. The van der Waals surface area contributed by atoms with Crippen molar-refractivity contribution in [2.45, 2.75) is 57.0 Å². The molecule has 1 amide bonds. The van der Waals surface area contributed by atoms with E-state index >= 15 is 0 Å². The zero-order chi connectivity index (χ0) is 21.5. The van der Waals surface area contributed by atoms with Gasteiger partial charge < -0.3 is 10.0 Å². The molecule has 2 bridgehead atoms. The second-order valence-electron chi connectivity index (χ2n) is 7.47. The fraction of sp³-hybridized carbons (Fsp3) is 0.812. The van der Waals surface area contributed by atoms with Crippen molar-refractivity contribution in [3.8, 4) is 0 Å².